The van der Waals surface area contributed by atoms with Crippen LogP contribution in [0.25, 0.3) is 0 Å². The number of hydrogen-bond donors (Lipinski definition) is 1. The normalized spacial score (nSPS) is 9.50. The van der Waals surface area contributed by atoms with Crippen LogP contribution in [-0.2, 0) is 5.41 Å². The molecule has 0 atom stereocenters. The summed E-state index contributed by atoms with van der Waals surface area (Å²) in [6.07, 6.45) is 0. The Morgan fingerprint density at radius 2 is 1.50 bits per heavy atom. The maximum absolute atomic E-state index is 8.80. The van der Waals surface area contributed by atoms with Gasteiger partial charge in [0.05, 0.1) is 0 Å². The van der Waals surface area contributed by atoms with Crippen molar-refractivity contribution in [2.24, 2.45) is 0 Å². The van der Waals surface area contributed by atoms with Gasteiger partial charge in [-0.15, -0.1) is 0 Å². The first-order valence-electron chi connectivity index (χ1n) is 3.79. The lowest BCUT2D eigenvalue weighted by molar-refractivity contribution is 0.909. The lowest BCUT2D eigenvalue weighted by atomic mass is 9.84. The average Bonchev–Trinajstić information content (AvgIpc) is 2.24. The smallest absolute Gasteiger partial charge is 0.255 e. The Labute approximate surface area is 81.4 Å². The summed E-state index contributed by atoms with van der Waals surface area (Å²) in [5.74, 6) is 0. The minimum atomic E-state index is -1.80. The van der Waals surface area contributed by atoms with Gasteiger partial charge in [-0.25, -0.2) is 0 Å². The van der Waals surface area contributed by atoms with E-state index in [0.717, 1.165) is 0 Å². The molecule has 0 saturated heterocycles. The van der Waals surface area contributed by atoms with Crippen molar-refractivity contribution in [2.75, 3.05) is 5.73 Å². The molecule has 0 spiro atoms. The summed E-state index contributed by atoms with van der Waals surface area (Å²) >= 11 is 0. The zero-order chi connectivity index (χ0) is 10.6. The van der Waals surface area contributed by atoms with Crippen LogP contribution in [0.3, 0.4) is 0 Å². The third-order valence-electron chi connectivity index (χ3n) is 1.87. The fourth-order valence-electron chi connectivity index (χ4n) is 1.09. The summed E-state index contributed by atoms with van der Waals surface area (Å²) in [7, 11) is 0. The van der Waals surface area contributed by atoms with Crippen molar-refractivity contribution in [1.29, 1.82) is 15.8 Å². The molecule has 0 aliphatic heterocycles. The second-order valence-corrected chi connectivity index (χ2v) is 2.67. The van der Waals surface area contributed by atoms with Gasteiger partial charge >= 0.3 is 0 Å². The lowest BCUT2D eigenvalue weighted by Gasteiger charge is -2.11. The third-order valence-corrected chi connectivity index (χ3v) is 1.87. The Kier molecular flexibility index (Phi) is 2.38. The second-order valence-electron chi connectivity index (χ2n) is 2.67. The van der Waals surface area contributed by atoms with Crippen LogP contribution in [0.4, 0.5) is 5.69 Å². The SMILES string of the molecule is N#CC(C#N)(C#N)c1ccccc1N. The molecule has 0 unspecified atom stereocenters. The molecule has 14 heavy (non-hydrogen) atoms. The van der Waals surface area contributed by atoms with Crippen LogP contribution < -0.4 is 5.73 Å². The van der Waals surface area contributed by atoms with Crippen LogP contribution in [0.5, 0.6) is 0 Å². The number of para-hydroxylation sites is 1. The molecule has 0 aromatic heterocycles. The molecular weight excluding hydrogens is 176 g/mol. The summed E-state index contributed by atoms with van der Waals surface area (Å²) in [5, 5.41) is 26.4. The van der Waals surface area contributed by atoms with Crippen molar-refractivity contribution < 1.29 is 0 Å². The quantitative estimate of drug-likeness (QED) is 0.657. The number of benzene rings is 1. The average molecular weight is 182 g/mol. The Balaban J connectivity index is 3.46. The van der Waals surface area contributed by atoms with Crippen molar-refractivity contribution >= 4 is 5.69 Å². The molecule has 0 aliphatic rings. The number of nitrogens with two attached hydrogens (primary N) is 1. The van der Waals surface area contributed by atoms with Gasteiger partial charge in [0.2, 0.25) is 0 Å². The maximum atomic E-state index is 8.80. The molecular formula is C10H6N4. The highest BCUT2D eigenvalue weighted by molar-refractivity contribution is 5.60. The minimum absolute atomic E-state index is 0.243. The Hall–Kier alpha value is -2.51. The molecule has 4 nitrogen and oxygen atoms in total. The summed E-state index contributed by atoms with van der Waals surface area (Å²) in [4.78, 5) is 0. The highest BCUT2D eigenvalue weighted by Crippen LogP contribution is 2.26. The zero-order valence-electron chi connectivity index (χ0n) is 7.23. The predicted octanol–water partition coefficient (Wildman–Crippen LogP) is 1.08. The van der Waals surface area contributed by atoms with E-state index in [0.29, 0.717) is 0 Å². The van der Waals surface area contributed by atoms with Gasteiger partial charge in [0.15, 0.2) is 0 Å². The van der Waals surface area contributed by atoms with E-state index in [2.05, 4.69) is 0 Å². The Bertz CT molecular complexity index is 434. The van der Waals surface area contributed by atoms with Crippen molar-refractivity contribution in [1.82, 2.24) is 0 Å². The van der Waals surface area contributed by atoms with Crippen LogP contribution >= 0.6 is 0 Å². The van der Waals surface area contributed by atoms with Gasteiger partial charge in [0.25, 0.3) is 5.41 Å². The molecule has 0 heterocycles. The molecule has 2 N–H and O–H groups in total. The van der Waals surface area contributed by atoms with Gasteiger partial charge in [-0.2, -0.15) is 15.8 Å². The first kappa shape index (κ1) is 9.58. The van der Waals surface area contributed by atoms with Crippen molar-refractivity contribution in [3.05, 3.63) is 29.8 Å². The molecule has 1 aromatic rings. The van der Waals surface area contributed by atoms with Crippen LogP contribution in [0.1, 0.15) is 5.56 Å². The topological polar surface area (TPSA) is 97.4 Å². The van der Waals surface area contributed by atoms with Crippen LogP contribution in [0.15, 0.2) is 24.3 Å². The number of hydrogen-bond acceptors (Lipinski definition) is 4. The number of nitriles is 3. The molecule has 0 amide bonds. The summed E-state index contributed by atoms with van der Waals surface area (Å²) in [6.45, 7) is 0. The van der Waals surface area contributed by atoms with E-state index in [4.69, 9.17) is 21.5 Å². The molecule has 1 rings (SSSR count). The van der Waals surface area contributed by atoms with Gasteiger partial charge in [-0.1, -0.05) is 18.2 Å². The minimum Gasteiger partial charge on any atom is -0.398 e. The van der Waals surface area contributed by atoms with Crippen molar-refractivity contribution in [3.8, 4) is 18.2 Å². The summed E-state index contributed by atoms with van der Waals surface area (Å²) in [6, 6.07) is 11.4. The van der Waals surface area contributed by atoms with Crippen LogP contribution in [0.2, 0.25) is 0 Å². The van der Waals surface area contributed by atoms with Gasteiger partial charge in [0.1, 0.15) is 18.2 Å². The van der Waals surface area contributed by atoms with E-state index >= 15 is 0 Å². The van der Waals surface area contributed by atoms with E-state index in [1.165, 1.54) is 6.07 Å². The fraction of sp³-hybridized carbons (Fsp3) is 0.100. The van der Waals surface area contributed by atoms with Crippen LogP contribution in [0, 0.1) is 34.0 Å². The second kappa shape index (κ2) is 3.47. The summed E-state index contributed by atoms with van der Waals surface area (Å²) < 4.78 is 0. The highest BCUT2D eigenvalue weighted by Gasteiger charge is 2.34. The third kappa shape index (κ3) is 1.24. The van der Waals surface area contributed by atoms with E-state index in [-0.39, 0.29) is 11.3 Å². The highest BCUT2D eigenvalue weighted by atomic mass is 14.6. The number of nitrogens with zero attached hydrogens (tertiary/aromatic N) is 3. The standard InChI is InChI=1S/C10H6N4/c11-5-10(6-12,7-13)8-3-1-2-4-9(8)14/h1-4H,14H2. The Morgan fingerprint density at radius 3 is 1.93 bits per heavy atom. The molecule has 0 radical (unpaired) electrons. The van der Waals surface area contributed by atoms with E-state index < -0.39 is 5.41 Å². The molecule has 0 saturated carbocycles. The largest absolute Gasteiger partial charge is 0.398 e. The van der Waals surface area contributed by atoms with Crippen molar-refractivity contribution in [2.45, 2.75) is 5.41 Å². The molecule has 0 fully saturated rings. The zero-order valence-corrected chi connectivity index (χ0v) is 7.23. The molecule has 1 aromatic carbocycles. The van der Waals surface area contributed by atoms with Gasteiger partial charge in [0, 0.05) is 11.3 Å². The van der Waals surface area contributed by atoms with E-state index in [9.17, 15) is 0 Å². The first-order chi connectivity index (χ1) is 6.70. The molecule has 66 valence electrons. The lowest BCUT2D eigenvalue weighted by Crippen LogP contribution is -2.20. The number of anilines is 1. The maximum Gasteiger partial charge on any atom is 0.255 e. The Morgan fingerprint density at radius 1 is 1.00 bits per heavy atom. The number of rotatable bonds is 1. The summed E-state index contributed by atoms with van der Waals surface area (Å²) in [5.41, 5.74) is 4.30. The monoisotopic (exact) mass is 182 g/mol. The molecule has 0 bridgehead atoms. The predicted molar refractivity (Wildman–Crippen MR) is 49.4 cm³/mol. The van der Waals surface area contributed by atoms with E-state index in [1.54, 1.807) is 36.4 Å². The first-order valence-corrected chi connectivity index (χ1v) is 3.79. The number of nitrogen functional groups attached to an aromatic ring is 1. The van der Waals surface area contributed by atoms with Gasteiger partial charge in [-0.3, -0.25) is 0 Å². The molecule has 0 aliphatic carbocycles. The molecule has 4 heteroatoms. The fourth-order valence-corrected chi connectivity index (χ4v) is 1.09. The van der Waals surface area contributed by atoms with Crippen molar-refractivity contribution in [3.63, 3.8) is 0 Å². The van der Waals surface area contributed by atoms with E-state index in [1.807, 2.05) is 0 Å². The van der Waals surface area contributed by atoms with Gasteiger partial charge < -0.3 is 5.73 Å². The van der Waals surface area contributed by atoms with Crippen LogP contribution in [-0.4, -0.2) is 0 Å². The van der Waals surface area contributed by atoms with Gasteiger partial charge in [-0.05, 0) is 6.07 Å².